The first-order chi connectivity index (χ1) is 20.6. The maximum Gasteiger partial charge on any atom is 0.326 e. The highest BCUT2D eigenvalue weighted by Gasteiger charge is 2.22. The van der Waals surface area contributed by atoms with Crippen molar-refractivity contribution in [2.75, 3.05) is 6.61 Å². The number of hydrogen-bond acceptors (Lipinski definition) is 7. The topological polar surface area (TPSA) is 137 Å². The molecule has 1 amide bonds. The molecule has 1 atom stereocenters. The lowest BCUT2D eigenvalue weighted by Crippen LogP contribution is -2.43. The number of carbonyl (C=O) groups excluding carboxylic acids is 1. The number of carbonyl (C=O) groups is 2. The number of aromatic nitrogens is 2. The van der Waals surface area contributed by atoms with Crippen LogP contribution in [0.25, 0.3) is 22.5 Å². The van der Waals surface area contributed by atoms with E-state index in [0.29, 0.717) is 5.82 Å². The fraction of sp³-hybridized carbons (Fsp3) is 0.382. The number of nitrogens with one attached hydrogen (secondary N) is 3. The molecule has 3 rings (SSSR count). The number of benzene rings is 2. The second-order valence-electron chi connectivity index (χ2n) is 11.5. The van der Waals surface area contributed by atoms with Crippen molar-refractivity contribution in [2.45, 2.75) is 77.8 Å². The maximum atomic E-state index is 12.6. The summed E-state index contributed by atoms with van der Waals surface area (Å²) < 4.78 is 5.86. The largest absolute Gasteiger partial charge is 0.494 e. The normalized spacial score (nSPS) is 12.3. The van der Waals surface area contributed by atoms with E-state index < -0.39 is 17.9 Å². The summed E-state index contributed by atoms with van der Waals surface area (Å²) >= 11 is 0. The molecule has 0 aliphatic heterocycles. The quantitative estimate of drug-likeness (QED) is 0.0893. The minimum Gasteiger partial charge on any atom is -0.494 e. The van der Waals surface area contributed by atoms with Crippen molar-refractivity contribution in [3.63, 3.8) is 0 Å². The molecule has 1 aromatic heterocycles. The molecule has 2 aromatic carbocycles. The Kier molecular flexibility index (Phi) is 12.4. The van der Waals surface area contributed by atoms with E-state index in [9.17, 15) is 14.7 Å². The predicted molar refractivity (Wildman–Crippen MR) is 170 cm³/mol. The Balaban J connectivity index is 1.58. The van der Waals surface area contributed by atoms with Crippen molar-refractivity contribution in [3.05, 3.63) is 78.3 Å². The molecule has 43 heavy (non-hydrogen) atoms. The number of carboxylic acid groups (broad SMARTS) is 1. The van der Waals surface area contributed by atoms with Gasteiger partial charge in [0.1, 0.15) is 11.8 Å². The van der Waals surface area contributed by atoms with Gasteiger partial charge in [-0.15, -0.1) is 0 Å². The molecule has 4 N–H and O–H groups in total. The van der Waals surface area contributed by atoms with Crippen LogP contribution in [0, 0.1) is 5.41 Å². The minimum atomic E-state index is -1.16. The van der Waals surface area contributed by atoms with Crippen LogP contribution < -0.4 is 15.4 Å². The van der Waals surface area contributed by atoms with Gasteiger partial charge in [-0.2, -0.15) is 0 Å². The molecule has 0 fully saturated rings. The Bertz CT molecular complexity index is 1360. The number of amides is 1. The molecule has 0 saturated carbocycles. The van der Waals surface area contributed by atoms with E-state index in [0.717, 1.165) is 47.2 Å². The standard InChI is InChI=1S/C34H43N5O4/c1-5-6-7-8-9-18-43-29-16-14-25(15-17-29)28-21-36-31(37-22-28)26-12-10-24(11-13-26)19-30(33(41)42)39-32(40)27(20-35)23-38-34(2,3)4/h10-17,20-23,30,35,38H,5-9,18-19H2,1-4H3,(H,39,40)(H,41,42)/b27-23+,35-20?. The number of carboxylic acids is 1. The lowest BCUT2D eigenvalue weighted by atomic mass is 10.0. The first-order valence-corrected chi connectivity index (χ1v) is 14.8. The van der Waals surface area contributed by atoms with Crippen LogP contribution in [0.3, 0.4) is 0 Å². The summed E-state index contributed by atoms with van der Waals surface area (Å²) in [6.45, 7) is 8.68. The molecule has 9 nitrogen and oxygen atoms in total. The van der Waals surface area contributed by atoms with Gasteiger partial charge in [0.25, 0.3) is 5.91 Å². The van der Waals surface area contributed by atoms with Gasteiger partial charge in [0.15, 0.2) is 5.82 Å². The molecular weight excluding hydrogens is 542 g/mol. The monoisotopic (exact) mass is 585 g/mol. The van der Waals surface area contributed by atoms with E-state index in [1.165, 1.54) is 31.9 Å². The average Bonchev–Trinajstić information content (AvgIpc) is 2.99. The molecular formula is C34H43N5O4. The van der Waals surface area contributed by atoms with Gasteiger partial charge in [0.05, 0.1) is 12.2 Å². The summed E-state index contributed by atoms with van der Waals surface area (Å²) in [4.78, 5) is 33.5. The lowest BCUT2D eigenvalue weighted by molar-refractivity contribution is -0.141. The molecule has 0 spiro atoms. The first-order valence-electron chi connectivity index (χ1n) is 14.8. The third-order valence-electron chi connectivity index (χ3n) is 6.69. The molecule has 3 aromatic rings. The van der Waals surface area contributed by atoms with Crippen LogP contribution in [0.4, 0.5) is 0 Å². The first kappa shape index (κ1) is 33.0. The smallest absolute Gasteiger partial charge is 0.326 e. The van der Waals surface area contributed by atoms with Crippen LogP contribution >= 0.6 is 0 Å². The third kappa shape index (κ3) is 11.0. The highest BCUT2D eigenvalue weighted by Crippen LogP contribution is 2.23. The Morgan fingerprint density at radius 3 is 2.14 bits per heavy atom. The molecule has 228 valence electrons. The van der Waals surface area contributed by atoms with Crippen molar-refractivity contribution >= 4 is 18.1 Å². The number of rotatable bonds is 16. The van der Waals surface area contributed by atoms with Crippen molar-refractivity contribution in [1.29, 1.82) is 5.41 Å². The summed E-state index contributed by atoms with van der Waals surface area (Å²) in [6.07, 6.45) is 12.0. The summed E-state index contributed by atoms with van der Waals surface area (Å²) in [5, 5.41) is 22.8. The Hall–Kier alpha value is -4.53. The average molecular weight is 586 g/mol. The summed E-state index contributed by atoms with van der Waals surface area (Å²) in [5.41, 5.74) is 3.13. The Morgan fingerprint density at radius 1 is 0.930 bits per heavy atom. The van der Waals surface area contributed by atoms with Gasteiger partial charge >= 0.3 is 5.97 Å². The molecule has 0 saturated heterocycles. The fourth-order valence-electron chi connectivity index (χ4n) is 4.20. The number of ether oxygens (including phenoxy) is 1. The maximum absolute atomic E-state index is 12.6. The van der Waals surface area contributed by atoms with Gasteiger partial charge in [-0.05, 0) is 50.5 Å². The minimum absolute atomic E-state index is 0.0366. The molecule has 1 unspecified atom stereocenters. The van der Waals surface area contributed by atoms with Crippen LogP contribution in [0.2, 0.25) is 0 Å². The van der Waals surface area contributed by atoms with Gasteiger partial charge in [0, 0.05) is 47.9 Å². The van der Waals surface area contributed by atoms with Gasteiger partial charge in [-0.1, -0.05) is 69.0 Å². The fourth-order valence-corrected chi connectivity index (χ4v) is 4.20. The number of nitrogens with zero attached hydrogens (tertiary/aromatic N) is 2. The van der Waals surface area contributed by atoms with Gasteiger partial charge < -0.3 is 25.9 Å². The molecule has 0 aliphatic carbocycles. The van der Waals surface area contributed by atoms with Crippen LogP contribution in [0.15, 0.2) is 72.7 Å². The van der Waals surface area contributed by atoms with Crippen molar-refractivity contribution in [2.24, 2.45) is 0 Å². The van der Waals surface area contributed by atoms with Gasteiger partial charge in [-0.3, -0.25) is 4.79 Å². The Morgan fingerprint density at radius 2 is 1.56 bits per heavy atom. The highest BCUT2D eigenvalue weighted by molar-refractivity contribution is 6.12. The molecule has 0 bridgehead atoms. The SMILES string of the molecule is CCCCCCCOc1ccc(-c2cnc(-c3ccc(CC(NC(=O)/C(C=N)=C/NC(C)(C)C)C(=O)O)cc3)nc2)cc1. The van der Waals surface area contributed by atoms with Gasteiger partial charge in [-0.25, -0.2) is 14.8 Å². The van der Waals surface area contributed by atoms with Crippen molar-refractivity contribution < 1.29 is 19.4 Å². The van der Waals surface area contributed by atoms with Gasteiger partial charge in [0.2, 0.25) is 0 Å². The van der Waals surface area contributed by atoms with E-state index in [2.05, 4.69) is 27.5 Å². The zero-order valence-corrected chi connectivity index (χ0v) is 25.5. The van der Waals surface area contributed by atoms with E-state index in [-0.39, 0.29) is 17.5 Å². The van der Waals surface area contributed by atoms with Crippen LogP contribution in [-0.2, 0) is 16.0 Å². The molecule has 9 heteroatoms. The summed E-state index contributed by atoms with van der Waals surface area (Å²) in [5.74, 6) is -0.394. The summed E-state index contributed by atoms with van der Waals surface area (Å²) in [7, 11) is 0. The second-order valence-corrected chi connectivity index (χ2v) is 11.5. The van der Waals surface area contributed by atoms with E-state index in [1.54, 1.807) is 24.5 Å². The zero-order valence-electron chi connectivity index (χ0n) is 25.5. The van der Waals surface area contributed by atoms with E-state index in [4.69, 9.17) is 10.1 Å². The second kappa shape index (κ2) is 16.2. The van der Waals surface area contributed by atoms with E-state index in [1.807, 2.05) is 57.2 Å². The van der Waals surface area contributed by atoms with Crippen LogP contribution in [0.1, 0.15) is 65.4 Å². The van der Waals surface area contributed by atoms with Crippen LogP contribution in [-0.4, -0.2) is 51.4 Å². The molecule has 0 radical (unpaired) electrons. The third-order valence-corrected chi connectivity index (χ3v) is 6.69. The van der Waals surface area contributed by atoms with Crippen molar-refractivity contribution in [3.8, 4) is 28.3 Å². The Labute approximate surface area is 254 Å². The summed E-state index contributed by atoms with van der Waals surface area (Å²) in [6, 6.07) is 14.0. The van der Waals surface area contributed by atoms with E-state index >= 15 is 0 Å². The van der Waals surface area contributed by atoms with Crippen LogP contribution in [0.5, 0.6) is 5.75 Å². The highest BCUT2D eigenvalue weighted by atomic mass is 16.5. The number of aliphatic carboxylic acids is 1. The van der Waals surface area contributed by atoms with Crippen molar-refractivity contribution in [1.82, 2.24) is 20.6 Å². The zero-order chi connectivity index (χ0) is 31.2. The number of unbranched alkanes of at least 4 members (excludes halogenated alkanes) is 4. The lowest BCUT2D eigenvalue weighted by Gasteiger charge is -2.20. The predicted octanol–water partition coefficient (Wildman–Crippen LogP) is 6.19. The number of hydrogen-bond donors (Lipinski definition) is 4. The molecule has 0 aliphatic rings. The molecule has 1 heterocycles.